The predicted molar refractivity (Wildman–Crippen MR) is 73.0 cm³/mol. The molecule has 0 bridgehead atoms. The van der Waals surface area contributed by atoms with E-state index >= 15 is 0 Å². The molecular formula is C15H19FN2O2. The highest BCUT2D eigenvalue weighted by atomic mass is 19.1. The molecule has 5 heteroatoms. The number of rotatable bonds is 2. The Morgan fingerprint density at radius 1 is 1.50 bits per heavy atom. The summed E-state index contributed by atoms with van der Waals surface area (Å²) in [5.74, 6) is -0.433. The number of benzene rings is 1. The van der Waals surface area contributed by atoms with Gasteiger partial charge in [0.15, 0.2) is 0 Å². The zero-order chi connectivity index (χ0) is 14.3. The number of hydrogen-bond acceptors (Lipinski definition) is 3. The quantitative estimate of drug-likeness (QED) is 0.864. The summed E-state index contributed by atoms with van der Waals surface area (Å²) in [6, 6.07) is 4.10. The number of amides is 1. The third-order valence-corrected chi connectivity index (χ3v) is 4.60. The maximum Gasteiger partial charge on any atom is 0.260 e. The van der Waals surface area contributed by atoms with Gasteiger partial charge in [-0.05, 0) is 30.4 Å². The van der Waals surface area contributed by atoms with E-state index in [1.54, 1.807) is 4.90 Å². The second kappa shape index (κ2) is 5.05. The molecule has 2 fully saturated rings. The number of nitrogens with one attached hydrogen (secondary N) is 1. The van der Waals surface area contributed by atoms with Gasteiger partial charge in [-0.15, -0.1) is 0 Å². The first kappa shape index (κ1) is 13.4. The van der Waals surface area contributed by atoms with E-state index < -0.39 is 5.82 Å². The van der Waals surface area contributed by atoms with Crippen LogP contribution in [-0.4, -0.2) is 41.6 Å². The number of carbonyl (C=O) groups is 1. The third-order valence-electron chi connectivity index (χ3n) is 4.60. The van der Waals surface area contributed by atoms with Crippen LogP contribution in [-0.2, 0) is 0 Å². The molecule has 1 aromatic carbocycles. The maximum atomic E-state index is 13.9. The van der Waals surface area contributed by atoms with E-state index in [4.69, 9.17) is 0 Å². The highest BCUT2D eigenvalue weighted by molar-refractivity contribution is 5.97. The molecule has 0 saturated carbocycles. The molecule has 1 aromatic rings. The first-order chi connectivity index (χ1) is 9.63. The van der Waals surface area contributed by atoms with Crippen LogP contribution in [0.4, 0.5) is 4.39 Å². The number of halogens is 1. The van der Waals surface area contributed by atoms with Crippen molar-refractivity contribution < 1.29 is 14.3 Å². The molecule has 4 nitrogen and oxygen atoms in total. The molecule has 3 atom stereocenters. The molecule has 0 aliphatic carbocycles. The number of phenolic OH excluding ortho intramolecular Hbond substituents is 1. The monoisotopic (exact) mass is 278 g/mol. The zero-order valence-corrected chi connectivity index (χ0v) is 11.5. The van der Waals surface area contributed by atoms with Crippen LogP contribution in [0.3, 0.4) is 0 Å². The summed E-state index contributed by atoms with van der Waals surface area (Å²) in [4.78, 5) is 14.3. The fraction of sp³-hybridized carbons (Fsp3) is 0.533. The van der Waals surface area contributed by atoms with Crippen LogP contribution in [0.2, 0.25) is 0 Å². The molecule has 3 unspecified atom stereocenters. The lowest BCUT2D eigenvalue weighted by molar-refractivity contribution is 0.0703. The third kappa shape index (κ3) is 1.97. The molecular weight excluding hydrogens is 259 g/mol. The fourth-order valence-electron chi connectivity index (χ4n) is 3.65. The zero-order valence-electron chi connectivity index (χ0n) is 11.5. The normalized spacial score (nSPS) is 28.7. The van der Waals surface area contributed by atoms with Gasteiger partial charge in [0.05, 0.1) is 0 Å². The lowest BCUT2D eigenvalue weighted by Crippen LogP contribution is -2.40. The van der Waals surface area contributed by atoms with Crippen LogP contribution in [0.15, 0.2) is 18.2 Å². The minimum Gasteiger partial charge on any atom is -0.507 e. The second-order valence-electron chi connectivity index (χ2n) is 5.65. The number of aromatic hydroxyl groups is 1. The predicted octanol–water partition coefficient (Wildman–Crippen LogP) is 1.60. The largest absolute Gasteiger partial charge is 0.507 e. The van der Waals surface area contributed by atoms with Crippen LogP contribution in [0.25, 0.3) is 0 Å². The summed E-state index contributed by atoms with van der Waals surface area (Å²) in [5, 5.41) is 13.1. The van der Waals surface area contributed by atoms with Crippen LogP contribution in [0.1, 0.15) is 23.7 Å². The molecule has 0 aromatic heterocycles. The second-order valence-corrected chi connectivity index (χ2v) is 5.65. The molecule has 2 aliphatic rings. The Labute approximate surface area is 117 Å². The van der Waals surface area contributed by atoms with Gasteiger partial charge < -0.3 is 15.3 Å². The van der Waals surface area contributed by atoms with Crippen LogP contribution >= 0.6 is 0 Å². The molecule has 2 saturated heterocycles. The topological polar surface area (TPSA) is 52.6 Å². The molecule has 20 heavy (non-hydrogen) atoms. The molecule has 0 spiro atoms. The number of phenols is 1. The highest BCUT2D eigenvalue weighted by Crippen LogP contribution is 2.36. The molecule has 2 heterocycles. The number of likely N-dealkylation sites (tertiary alicyclic amines) is 1. The van der Waals surface area contributed by atoms with Gasteiger partial charge in [0, 0.05) is 25.7 Å². The van der Waals surface area contributed by atoms with Gasteiger partial charge in [0.25, 0.3) is 5.91 Å². The van der Waals surface area contributed by atoms with E-state index in [1.165, 1.54) is 18.2 Å². The molecule has 3 rings (SSSR count). The summed E-state index contributed by atoms with van der Waals surface area (Å²) < 4.78 is 13.9. The molecule has 0 radical (unpaired) electrons. The average molecular weight is 278 g/mol. The molecule has 1 amide bonds. The molecule has 108 valence electrons. The van der Waals surface area contributed by atoms with Crippen molar-refractivity contribution in [3.63, 3.8) is 0 Å². The van der Waals surface area contributed by atoms with Gasteiger partial charge in [-0.1, -0.05) is 13.0 Å². The summed E-state index contributed by atoms with van der Waals surface area (Å²) >= 11 is 0. The Morgan fingerprint density at radius 3 is 3.00 bits per heavy atom. The minimum atomic E-state index is -0.653. The number of fused-ring (bicyclic) bond motifs is 1. The van der Waals surface area contributed by atoms with Crippen molar-refractivity contribution in [2.24, 2.45) is 11.8 Å². The van der Waals surface area contributed by atoms with E-state index in [2.05, 4.69) is 5.32 Å². The lowest BCUT2D eigenvalue weighted by Gasteiger charge is -2.27. The Hall–Kier alpha value is -1.62. The average Bonchev–Trinajstić information content (AvgIpc) is 2.97. The summed E-state index contributed by atoms with van der Waals surface area (Å²) in [6.07, 6.45) is 0.851. The number of hydrogen-bond donors (Lipinski definition) is 2. The van der Waals surface area contributed by atoms with Gasteiger partial charge >= 0.3 is 0 Å². The maximum absolute atomic E-state index is 13.9. The Morgan fingerprint density at radius 2 is 2.30 bits per heavy atom. The van der Waals surface area contributed by atoms with Crippen molar-refractivity contribution >= 4 is 5.91 Å². The first-order valence-electron chi connectivity index (χ1n) is 7.12. The van der Waals surface area contributed by atoms with E-state index in [1.807, 2.05) is 6.92 Å². The van der Waals surface area contributed by atoms with Crippen LogP contribution < -0.4 is 5.32 Å². The molecule has 2 N–H and O–H groups in total. The van der Waals surface area contributed by atoms with Crippen LogP contribution in [0, 0.1) is 17.7 Å². The Bertz CT molecular complexity index is 514. The van der Waals surface area contributed by atoms with Crippen molar-refractivity contribution in [1.29, 1.82) is 0 Å². The van der Waals surface area contributed by atoms with E-state index in [0.29, 0.717) is 18.4 Å². The van der Waals surface area contributed by atoms with Crippen molar-refractivity contribution in [2.45, 2.75) is 19.4 Å². The van der Waals surface area contributed by atoms with E-state index in [9.17, 15) is 14.3 Å². The van der Waals surface area contributed by atoms with Gasteiger partial charge in [-0.3, -0.25) is 4.79 Å². The smallest absolute Gasteiger partial charge is 0.260 e. The summed E-state index contributed by atoms with van der Waals surface area (Å²) in [6.45, 7) is 4.51. The van der Waals surface area contributed by atoms with Crippen LogP contribution in [0.5, 0.6) is 5.75 Å². The first-order valence-corrected chi connectivity index (χ1v) is 7.12. The summed E-state index contributed by atoms with van der Waals surface area (Å²) in [7, 11) is 0. The highest BCUT2D eigenvalue weighted by Gasteiger charge is 2.45. The van der Waals surface area contributed by atoms with Crippen molar-refractivity contribution in [3.8, 4) is 5.75 Å². The van der Waals surface area contributed by atoms with Crippen molar-refractivity contribution in [3.05, 3.63) is 29.6 Å². The number of nitrogens with zero attached hydrogens (tertiary/aromatic N) is 1. The van der Waals surface area contributed by atoms with Gasteiger partial charge in [-0.2, -0.15) is 0 Å². The van der Waals surface area contributed by atoms with Gasteiger partial charge in [0.2, 0.25) is 0 Å². The van der Waals surface area contributed by atoms with E-state index in [-0.39, 0.29) is 23.3 Å². The Kier molecular flexibility index (Phi) is 3.38. The van der Waals surface area contributed by atoms with E-state index in [0.717, 1.165) is 19.5 Å². The molecule has 2 aliphatic heterocycles. The van der Waals surface area contributed by atoms with Gasteiger partial charge in [0.1, 0.15) is 17.1 Å². The lowest BCUT2D eigenvalue weighted by atomic mass is 9.93. The van der Waals surface area contributed by atoms with Crippen molar-refractivity contribution in [1.82, 2.24) is 10.2 Å². The van der Waals surface area contributed by atoms with Crippen molar-refractivity contribution in [2.75, 3.05) is 19.6 Å². The SMILES string of the molecule is CCC1C2CNCC2CN1C(=O)c1c(O)cccc1F. The Balaban J connectivity index is 1.91. The fourth-order valence-corrected chi connectivity index (χ4v) is 3.65. The number of carbonyl (C=O) groups excluding carboxylic acids is 1. The summed E-state index contributed by atoms with van der Waals surface area (Å²) in [5.41, 5.74) is -0.195. The standard InChI is InChI=1S/C15H19FN2O2/c1-2-12-10-7-17-6-9(10)8-18(12)15(20)14-11(16)4-3-5-13(14)19/h3-5,9-10,12,17,19H,2,6-8H2,1H3. The minimum absolute atomic E-state index is 0.126. The van der Waals surface area contributed by atoms with Gasteiger partial charge in [-0.25, -0.2) is 4.39 Å².